The predicted octanol–water partition coefficient (Wildman–Crippen LogP) is 4.92. The van der Waals surface area contributed by atoms with Crippen molar-refractivity contribution in [3.63, 3.8) is 0 Å². The van der Waals surface area contributed by atoms with Crippen molar-refractivity contribution in [2.24, 2.45) is 5.92 Å². The number of carbonyl (C=O) groups is 1. The number of benzene rings is 1. The maximum atomic E-state index is 12.5. The zero-order valence-corrected chi connectivity index (χ0v) is 13.6. The van der Waals surface area contributed by atoms with E-state index in [0.29, 0.717) is 12.3 Å². The monoisotopic (exact) mass is 313 g/mol. The largest absolute Gasteiger partial charge is 0.344 e. The highest BCUT2D eigenvalue weighted by atomic mass is 32.1. The molecule has 1 aliphatic carbocycles. The van der Waals surface area contributed by atoms with Crippen molar-refractivity contribution in [1.29, 1.82) is 0 Å². The summed E-state index contributed by atoms with van der Waals surface area (Å²) in [5, 5.41) is 5.32. The zero-order valence-electron chi connectivity index (χ0n) is 12.8. The van der Waals surface area contributed by atoms with Crippen molar-refractivity contribution in [2.45, 2.75) is 44.6 Å². The van der Waals surface area contributed by atoms with Gasteiger partial charge < -0.3 is 5.32 Å². The molecule has 2 nitrogen and oxygen atoms in total. The van der Waals surface area contributed by atoms with Gasteiger partial charge in [0, 0.05) is 11.3 Å². The van der Waals surface area contributed by atoms with E-state index in [0.717, 1.165) is 5.56 Å². The van der Waals surface area contributed by atoms with Crippen LogP contribution in [-0.2, 0) is 4.79 Å². The van der Waals surface area contributed by atoms with Gasteiger partial charge in [-0.3, -0.25) is 4.79 Å². The van der Waals surface area contributed by atoms with Crippen molar-refractivity contribution in [3.05, 3.63) is 58.3 Å². The minimum atomic E-state index is -0.0164. The summed E-state index contributed by atoms with van der Waals surface area (Å²) in [5.74, 6) is 0.766. The molecular weight excluding hydrogens is 290 g/mol. The van der Waals surface area contributed by atoms with E-state index >= 15 is 0 Å². The van der Waals surface area contributed by atoms with E-state index in [1.807, 2.05) is 24.3 Å². The summed E-state index contributed by atoms with van der Waals surface area (Å²) in [6.45, 7) is 0. The normalized spacial score (nSPS) is 17.1. The van der Waals surface area contributed by atoms with E-state index in [1.165, 1.54) is 37.0 Å². The Morgan fingerprint density at radius 2 is 1.86 bits per heavy atom. The molecule has 1 aromatic heterocycles. The summed E-state index contributed by atoms with van der Waals surface area (Å²) < 4.78 is 0. The molecule has 116 valence electrons. The van der Waals surface area contributed by atoms with Gasteiger partial charge in [0.25, 0.3) is 0 Å². The van der Waals surface area contributed by atoms with Crippen LogP contribution < -0.4 is 5.32 Å². The lowest BCUT2D eigenvalue weighted by atomic mass is 9.86. The number of rotatable bonds is 5. The smallest absolute Gasteiger partial charge is 0.221 e. The van der Waals surface area contributed by atoms with Crippen LogP contribution in [0.3, 0.4) is 0 Å². The van der Waals surface area contributed by atoms with E-state index < -0.39 is 0 Å². The van der Waals surface area contributed by atoms with Gasteiger partial charge in [-0.1, -0.05) is 55.7 Å². The zero-order chi connectivity index (χ0) is 15.2. The average molecular weight is 313 g/mol. The van der Waals surface area contributed by atoms with Crippen LogP contribution in [0.4, 0.5) is 0 Å². The van der Waals surface area contributed by atoms with Gasteiger partial charge >= 0.3 is 0 Å². The Morgan fingerprint density at radius 1 is 1.09 bits per heavy atom. The van der Waals surface area contributed by atoms with Crippen LogP contribution in [0.25, 0.3) is 0 Å². The van der Waals surface area contributed by atoms with Gasteiger partial charge in [0.15, 0.2) is 0 Å². The lowest BCUT2D eigenvalue weighted by Crippen LogP contribution is -2.30. The molecule has 1 N–H and O–H groups in total. The van der Waals surface area contributed by atoms with Crippen LogP contribution in [0.15, 0.2) is 47.8 Å². The number of hydrogen-bond donors (Lipinski definition) is 1. The summed E-state index contributed by atoms with van der Waals surface area (Å²) in [6.07, 6.45) is 7.00. The van der Waals surface area contributed by atoms with E-state index in [9.17, 15) is 4.79 Å². The van der Waals surface area contributed by atoms with Crippen molar-refractivity contribution in [1.82, 2.24) is 5.32 Å². The molecular formula is C19H23NOS. The van der Waals surface area contributed by atoms with Crippen LogP contribution in [0.5, 0.6) is 0 Å². The van der Waals surface area contributed by atoms with Gasteiger partial charge in [-0.2, -0.15) is 0 Å². The third kappa shape index (κ3) is 3.98. The predicted molar refractivity (Wildman–Crippen MR) is 91.9 cm³/mol. The Bertz CT molecular complexity index is 573. The summed E-state index contributed by atoms with van der Waals surface area (Å²) in [6, 6.07) is 14.4. The third-order valence-corrected chi connectivity index (χ3v) is 5.40. The average Bonchev–Trinajstić information content (AvgIpc) is 3.08. The maximum absolute atomic E-state index is 12.5. The van der Waals surface area contributed by atoms with Crippen LogP contribution in [0.2, 0.25) is 0 Å². The molecule has 0 radical (unpaired) electrons. The number of thiophene rings is 1. The Hall–Kier alpha value is -1.61. The fourth-order valence-corrected chi connectivity index (χ4v) is 4.10. The fraction of sp³-hybridized carbons (Fsp3) is 0.421. The molecule has 1 atom stereocenters. The highest BCUT2D eigenvalue weighted by Crippen LogP contribution is 2.29. The second kappa shape index (κ2) is 7.59. The van der Waals surface area contributed by atoms with Gasteiger partial charge in [0.05, 0.1) is 6.04 Å². The Morgan fingerprint density at radius 3 is 2.55 bits per heavy atom. The van der Waals surface area contributed by atoms with Crippen LogP contribution in [-0.4, -0.2) is 5.91 Å². The Kier molecular flexibility index (Phi) is 5.28. The minimum Gasteiger partial charge on any atom is -0.344 e. The summed E-state index contributed by atoms with van der Waals surface area (Å²) >= 11 is 1.70. The topological polar surface area (TPSA) is 29.1 Å². The fourth-order valence-electron chi connectivity index (χ4n) is 3.29. The van der Waals surface area contributed by atoms with Gasteiger partial charge in [0.2, 0.25) is 5.91 Å². The highest BCUT2D eigenvalue weighted by Gasteiger charge is 2.21. The van der Waals surface area contributed by atoms with Crippen LogP contribution in [0, 0.1) is 5.92 Å². The van der Waals surface area contributed by atoms with Crippen LogP contribution in [0.1, 0.15) is 55.0 Å². The van der Waals surface area contributed by atoms with E-state index in [-0.39, 0.29) is 11.9 Å². The number of amides is 1. The molecule has 1 fully saturated rings. The Balaban J connectivity index is 1.69. The van der Waals surface area contributed by atoms with Gasteiger partial charge in [0.1, 0.15) is 0 Å². The highest BCUT2D eigenvalue weighted by molar-refractivity contribution is 7.10. The second-order valence-electron chi connectivity index (χ2n) is 6.13. The quantitative estimate of drug-likeness (QED) is 0.833. The molecule has 1 heterocycles. The molecule has 0 saturated heterocycles. The van der Waals surface area contributed by atoms with Crippen molar-refractivity contribution in [2.75, 3.05) is 0 Å². The van der Waals surface area contributed by atoms with Gasteiger partial charge in [-0.15, -0.1) is 11.3 Å². The second-order valence-corrected chi connectivity index (χ2v) is 7.11. The molecule has 3 heteroatoms. The SMILES string of the molecule is O=C(CC1CCCCC1)NC(c1ccccc1)c1cccs1. The molecule has 0 spiro atoms. The van der Waals surface area contributed by atoms with E-state index in [4.69, 9.17) is 0 Å². The number of hydrogen-bond acceptors (Lipinski definition) is 2. The molecule has 1 aliphatic rings. The summed E-state index contributed by atoms with van der Waals surface area (Å²) in [4.78, 5) is 13.7. The summed E-state index contributed by atoms with van der Waals surface area (Å²) in [7, 11) is 0. The number of carbonyl (C=O) groups excluding carboxylic acids is 1. The molecule has 3 rings (SSSR count). The molecule has 1 aromatic carbocycles. The molecule has 0 bridgehead atoms. The molecule has 1 amide bonds. The van der Waals surface area contributed by atoms with Crippen LogP contribution >= 0.6 is 11.3 Å². The molecule has 2 aromatic rings. The minimum absolute atomic E-state index is 0.0164. The first kappa shape index (κ1) is 15.3. The number of nitrogens with one attached hydrogen (secondary N) is 1. The van der Waals surface area contributed by atoms with Crippen molar-refractivity contribution in [3.8, 4) is 0 Å². The van der Waals surface area contributed by atoms with E-state index in [2.05, 4.69) is 28.9 Å². The van der Waals surface area contributed by atoms with Gasteiger partial charge in [-0.05, 0) is 35.8 Å². The first-order chi connectivity index (χ1) is 10.8. The molecule has 1 saturated carbocycles. The molecule has 22 heavy (non-hydrogen) atoms. The maximum Gasteiger partial charge on any atom is 0.221 e. The molecule has 0 aliphatic heterocycles. The lowest BCUT2D eigenvalue weighted by molar-refractivity contribution is -0.122. The first-order valence-corrected chi connectivity index (χ1v) is 9.08. The van der Waals surface area contributed by atoms with E-state index in [1.54, 1.807) is 11.3 Å². The lowest BCUT2D eigenvalue weighted by Gasteiger charge is -2.23. The van der Waals surface area contributed by atoms with Crippen molar-refractivity contribution >= 4 is 17.2 Å². The first-order valence-electron chi connectivity index (χ1n) is 8.20. The van der Waals surface area contributed by atoms with Gasteiger partial charge in [-0.25, -0.2) is 0 Å². The third-order valence-electron chi connectivity index (χ3n) is 4.46. The Labute approximate surface area is 136 Å². The molecule has 1 unspecified atom stereocenters. The standard InChI is InChI=1S/C19H23NOS/c21-18(14-15-8-3-1-4-9-15)20-19(17-12-7-13-22-17)16-10-5-2-6-11-16/h2,5-7,10-13,15,19H,1,3-4,8-9,14H2,(H,20,21). The summed E-state index contributed by atoms with van der Waals surface area (Å²) in [5.41, 5.74) is 1.15. The van der Waals surface area contributed by atoms with Crippen molar-refractivity contribution < 1.29 is 4.79 Å².